The van der Waals surface area contributed by atoms with Crippen molar-refractivity contribution in [3.63, 3.8) is 0 Å². The summed E-state index contributed by atoms with van der Waals surface area (Å²) < 4.78 is 12.9. The Morgan fingerprint density at radius 3 is 1.17 bits per heavy atom. The number of hydrogen-bond donors (Lipinski definition) is 0. The lowest BCUT2D eigenvalue weighted by atomic mass is 9.90. The zero-order valence-electron chi connectivity index (χ0n) is 26.5. The minimum atomic E-state index is -2.38. The van der Waals surface area contributed by atoms with Crippen LogP contribution in [0.15, 0.2) is 133 Å². The Morgan fingerprint density at radius 2 is 0.761 bits per heavy atom. The molecular formula is C42H34O2Si2. The van der Waals surface area contributed by atoms with Crippen molar-refractivity contribution in [2.75, 3.05) is 0 Å². The van der Waals surface area contributed by atoms with Gasteiger partial charge in [0.1, 0.15) is 11.5 Å². The van der Waals surface area contributed by atoms with E-state index >= 15 is 0 Å². The second-order valence-electron chi connectivity index (χ2n) is 12.6. The maximum atomic E-state index is 6.45. The van der Waals surface area contributed by atoms with Crippen molar-refractivity contribution in [1.29, 1.82) is 0 Å². The molecule has 0 heterocycles. The van der Waals surface area contributed by atoms with Crippen LogP contribution in [-0.4, -0.2) is 16.6 Å². The standard InChI is InChI=1S/C42H34O2Si2/c1-45(2,43-35-17-7-5-8-18-35)25-23-39-37-21-13-14-22-38(37)40(24-26-46(3,4)44-36-19-9-6-10-20-36)42-30-34-28-32-16-12-11-15-31(32)27-33(34)29-41(39)42/h5-22,27-30H,1-4H3. The lowest BCUT2D eigenvalue weighted by Crippen LogP contribution is -2.32. The zero-order valence-corrected chi connectivity index (χ0v) is 28.5. The fourth-order valence-electron chi connectivity index (χ4n) is 5.93. The van der Waals surface area contributed by atoms with Gasteiger partial charge in [-0.05, 0) is 118 Å². The summed E-state index contributed by atoms with van der Waals surface area (Å²) in [7, 11) is -4.76. The SMILES string of the molecule is C[Si](C)(C#Cc1c2ccccc2c(C#C[Si](C)(C)Oc2ccccc2)c2cc3cc4ccccc4cc3cc12)Oc1ccccc1. The number of fused-ring (bicyclic) bond motifs is 4. The van der Waals surface area contributed by atoms with E-state index < -0.39 is 16.6 Å². The van der Waals surface area contributed by atoms with Crippen LogP contribution >= 0.6 is 0 Å². The van der Waals surface area contributed by atoms with E-state index in [0.717, 1.165) is 44.2 Å². The molecule has 7 aromatic carbocycles. The number of para-hydroxylation sites is 2. The van der Waals surface area contributed by atoms with Crippen LogP contribution in [0.5, 0.6) is 11.5 Å². The van der Waals surface area contributed by atoms with E-state index in [0.29, 0.717) is 0 Å². The summed E-state index contributed by atoms with van der Waals surface area (Å²) in [6.45, 7) is 8.60. The molecule has 2 nitrogen and oxygen atoms in total. The highest BCUT2D eigenvalue weighted by molar-refractivity contribution is 6.80. The molecule has 4 heteroatoms. The molecule has 7 rings (SSSR count). The third-order valence-corrected chi connectivity index (χ3v) is 11.0. The summed E-state index contributed by atoms with van der Waals surface area (Å²) in [4.78, 5) is 0. The molecule has 7 aromatic rings. The van der Waals surface area contributed by atoms with Gasteiger partial charge in [0.25, 0.3) is 0 Å². The lowest BCUT2D eigenvalue weighted by Gasteiger charge is -2.19. The van der Waals surface area contributed by atoms with Gasteiger partial charge in [-0.3, -0.25) is 0 Å². The van der Waals surface area contributed by atoms with E-state index in [1.165, 1.54) is 21.5 Å². The van der Waals surface area contributed by atoms with E-state index in [2.05, 4.69) is 122 Å². The molecule has 0 N–H and O–H groups in total. The molecule has 0 aliphatic heterocycles. The molecule has 0 fully saturated rings. The fraction of sp³-hybridized carbons (Fsp3) is 0.0952. The van der Waals surface area contributed by atoms with Gasteiger partial charge >= 0.3 is 16.6 Å². The Hall–Kier alpha value is -5.27. The van der Waals surface area contributed by atoms with Crippen LogP contribution in [0.1, 0.15) is 11.1 Å². The van der Waals surface area contributed by atoms with E-state index in [4.69, 9.17) is 8.85 Å². The minimum Gasteiger partial charge on any atom is -0.532 e. The van der Waals surface area contributed by atoms with Gasteiger partial charge in [-0.2, -0.15) is 0 Å². The molecule has 0 saturated carbocycles. The quantitative estimate of drug-likeness (QED) is 0.110. The third-order valence-electron chi connectivity index (χ3n) is 8.06. The Balaban J connectivity index is 1.47. The number of benzene rings is 7. The molecule has 0 saturated heterocycles. The van der Waals surface area contributed by atoms with Gasteiger partial charge in [0.2, 0.25) is 0 Å². The van der Waals surface area contributed by atoms with Gasteiger partial charge < -0.3 is 8.85 Å². The smallest absolute Gasteiger partial charge is 0.324 e. The monoisotopic (exact) mass is 626 g/mol. The van der Waals surface area contributed by atoms with Crippen molar-refractivity contribution in [2.45, 2.75) is 26.2 Å². The van der Waals surface area contributed by atoms with Gasteiger partial charge in [0.15, 0.2) is 0 Å². The molecule has 0 amide bonds. The molecule has 0 bridgehead atoms. The average Bonchev–Trinajstić information content (AvgIpc) is 3.05. The van der Waals surface area contributed by atoms with Crippen LogP contribution < -0.4 is 8.85 Å². The van der Waals surface area contributed by atoms with Crippen LogP contribution in [0.3, 0.4) is 0 Å². The van der Waals surface area contributed by atoms with E-state index in [1.807, 2.05) is 60.7 Å². The van der Waals surface area contributed by atoms with E-state index in [9.17, 15) is 0 Å². The molecule has 0 aliphatic rings. The summed E-state index contributed by atoms with van der Waals surface area (Å²) in [5.41, 5.74) is 9.24. The summed E-state index contributed by atoms with van der Waals surface area (Å²) >= 11 is 0. The van der Waals surface area contributed by atoms with Crippen molar-refractivity contribution in [3.8, 4) is 34.4 Å². The van der Waals surface area contributed by atoms with Gasteiger partial charge in [-0.15, -0.1) is 0 Å². The molecule has 0 aliphatic carbocycles. The summed E-state index contributed by atoms with van der Waals surface area (Å²) in [5.74, 6) is 9.01. The molecule has 222 valence electrons. The Morgan fingerprint density at radius 1 is 0.391 bits per heavy atom. The molecule has 0 radical (unpaired) electrons. The summed E-state index contributed by atoms with van der Waals surface area (Å²) in [5, 5.41) is 9.21. The topological polar surface area (TPSA) is 18.5 Å². The predicted molar refractivity (Wildman–Crippen MR) is 199 cm³/mol. The van der Waals surface area contributed by atoms with Crippen LogP contribution in [0.2, 0.25) is 26.2 Å². The van der Waals surface area contributed by atoms with Crippen LogP contribution in [0.25, 0.3) is 43.1 Å². The molecule has 0 atom stereocenters. The molecule has 0 unspecified atom stereocenters. The number of hydrogen-bond acceptors (Lipinski definition) is 2. The van der Waals surface area contributed by atoms with Crippen molar-refractivity contribution in [2.24, 2.45) is 0 Å². The average molecular weight is 627 g/mol. The van der Waals surface area contributed by atoms with Crippen molar-refractivity contribution >= 4 is 59.7 Å². The lowest BCUT2D eigenvalue weighted by molar-refractivity contribution is 0.565. The first-order valence-electron chi connectivity index (χ1n) is 15.6. The molecule has 0 spiro atoms. The van der Waals surface area contributed by atoms with Crippen molar-refractivity contribution < 1.29 is 8.85 Å². The van der Waals surface area contributed by atoms with Gasteiger partial charge in [0.05, 0.1) is 0 Å². The van der Waals surface area contributed by atoms with Crippen LogP contribution in [0.4, 0.5) is 0 Å². The normalized spacial score (nSPS) is 11.6. The zero-order chi connectivity index (χ0) is 31.7. The van der Waals surface area contributed by atoms with E-state index in [1.54, 1.807) is 0 Å². The highest BCUT2D eigenvalue weighted by Crippen LogP contribution is 2.36. The summed E-state index contributed by atoms with van der Waals surface area (Å²) in [6.07, 6.45) is 0. The fourth-order valence-corrected chi connectivity index (χ4v) is 8.33. The Bertz CT molecular complexity index is 2200. The maximum Gasteiger partial charge on any atom is 0.324 e. The van der Waals surface area contributed by atoms with Crippen molar-refractivity contribution in [1.82, 2.24) is 0 Å². The Kier molecular flexibility index (Phi) is 7.63. The molecular weight excluding hydrogens is 593 g/mol. The first kappa shape index (κ1) is 29.4. The van der Waals surface area contributed by atoms with Crippen molar-refractivity contribution in [3.05, 3.63) is 145 Å². The Labute approximate surface area is 272 Å². The second-order valence-corrected chi connectivity index (χ2v) is 19.5. The highest BCUT2D eigenvalue weighted by Gasteiger charge is 2.24. The predicted octanol–water partition coefficient (Wildman–Crippen LogP) is 10.6. The third kappa shape index (κ3) is 6.15. The maximum absolute atomic E-state index is 6.45. The molecule has 0 aromatic heterocycles. The summed E-state index contributed by atoms with van der Waals surface area (Å²) in [6, 6.07) is 46.2. The first-order chi connectivity index (χ1) is 22.2. The van der Waals surface area contributed by atoms with Gasteiger partial charge in [0, 0.05) is 11.1 Å². The van der Waals surface area contributed by atoms with Crippen LogP contribution in [-0.2, 0) is 0 Å². The van der Waals surface area contributed by atoms with Gasteiger partial charge in [-0.25, -0.2) is 0 Å². The second kappa shape index (κ2) is 11.9. The van der Waals surface area contributed by atoms with E-state index in [-0.39, 0.29) is 0 Å². The van der Waals surface area contributed by atoms with Gasteiger partial charge in [-0.1, -0.05) is 108 Å². The largest absolute Gasteiger partial charge is 0.532 e. The van der Waals surface area contributed by atoms with Crippen LogP contribution in [0, 0.1) is 22.9 Å². The molecule has 46 heavy (non-hydrogen) atoms. The first-order valence-corrected chi connectivity index (χ1v) is 21.4. The minimum absolute atomic E-state index is 0.858. The number of rotatable bonds is 4. The highest BCUT2D eigenvalue weighted by atomic mass is 28.4.